The summed E-state index contributed by atoms with van der Waals surface area (Å²) < 4.78 is 29.6. The van der Waals surface area contributed by atoms with Crippen LogP contribution >= 0.6 is 0 Å². The van der Waals surface area contributed by atoms with Crippen LogP contribution in [0.25, 0.3) is 0 Å². The predicted molar refractivity (Wildman–Crippen MR) is 89.8 cm³/mol. The van der Waals surface area contributed by atoms with Crippen LogP contribution in [0.4, 0.5) is 0 Å². The smallest absolute Gasteiger partial charge is 0.276 e. The van der Waals surface area contributed by atoms with Crippen molar-refractivity contribution in [3.05, 3.63) is 53.3 Å². The highest BCUT2D eigenvalue weighted by atomic mass is 32.2. The lowest BCUT2D eigenvalue weighted by Crippen LogP contribution is -2.20. The van der Waals surface area contributed by atoms with E-state index in [0.29, 0.717) is 18.7 Å². The van der Waals surface area contributed by atoms with Gasteiger partial charge in [-0.15, -0.1) is 0 Å². The largest absolute Gasteiger partial charge is 0.378 e. The first kappa shape index (κ1) is 17.2. The molecule has 1 aromatic heterocycles. The van der Waals surface area contributed by atoms with E-state index in [-0.39, 0.29) is 4.90 Å². The van der Waals surface area contributed by atoms with E-state index in [9.17, 15) is 8.42 Å². The summed E-state index contributed by atoms with van der Waals surface area (Å²) in [5.74, 6) is 0. The molecule has 0 aliphatic carbocycles. The molecule has 0 aliphatic heterocycles. The van der Waals surface area contributed by atoms with E-state index in [1.807, 2.05) is 19.9 Å². The number of ether oxygens (including phenoxy) is 1. The molecule has 6 nitrogen and oxygen atoms in total. The monoisotopic (exact) mass is 335 g/mol. The van der Waals surface area contributed by atoms with Crippen molar-refractivity contribution in [2.75, 3.05) is 7.11 Å². The number of H-pyrrole nitrogens is 1. The molecular formula is C16H21N3O3S. The van der Waals surface area contributed by atoms with Gasteiger partial charge in [-0.05, 0) is 31.5 Å². The van der Waals surface area contributed by atoms with Crippen molar-refractivity contribution in [2.24, 2.45) is 5.10 Å². The fraction of sp³-hybridized carbons (Fsp3) is 0.312. The molecule has 0 saturated heterocycles. The van der Waals surface area contributed by atoms with Crippen LogP contribution in [0.2, 0.25) is 0 Å². The van der Waals surface area contributed by atoms with Gasteiger partial charge in [-0.3, -0.25) is 0 Å². The Bertz CT molecular complexity index is 777. The molecule has 2 aromatic rings. The fourth-order valence-electron chi connectivity index (χ4n) is 2.08. The Labute approximate surface area is 136 Å². The van der Waals surface area contributed by atoms with Gasteiger partial charge in [0, 0.05) is 24.6 Å². The highest BCUT2D eigenvalue weighted by Crippen LogP contribution is 2.12. The zero-order valence-corrected chi connectivity index (χ0v) is 14.3. The predicted octanol–water partition coefficient (Wildman–Crippen LogP) is 2.56. The molecule has 0 aliphatic rings. The van der Waals surface area contributed by atoms with Crippen LogP contribution < -0.4 is 4.83 Å². The van der Waals surface area contributed by atoms with Crippen molar-refractivity contribution in [3.63, 3.8) is 0 Å². The van der Waals surface area contributed by atoms with Gasteiger partial charge in [-0.25, -0.2) is 0 Å². The van der Waals surface area contributed by atoms with Crippen LogP contribution in [0.1, 0.15) is 30.2 Å². The highest BCUT2D eigenvalue weighted by molar-refractivity contribution is 7.89. The summed E-state index contributed by atoms with van der Waals surface area (Å²) in [5.41, 5.74) is 3.40. The minimum atomic E-state index is -3.67. The number of rotatable bonds is 7. The molecule has 1 aromatic carbocycles. The zero-order chi connectivity index (χ0) is 16.9. The molecule has 0 unspecified atom stereocenters. The molecule has 0 atom stereocenters. The lowest BCUT2D eigenvalue weighted by atomic mass is 10.1. The standard InChI is InChI=1S/C16H21N3O3S/c1-4-16(13-9-14(11-22-3)17-10-13)18-19-23(20,21)15-7-5-12(2)6-8-15/h5-10,17,19H,4,11H2,1-3H3/b18-16+. The normalized spacial score (nSPS) is 12.4. The Balaban J connectivity index is 2.19. The first-order valence-electron chi connectivity index (χ1n) is 7.28. The van der Waals surface area contributed by atoms with Crippen LogP contribution in [0.15, 0.2) is 46.5 Å². The molecule has 0 spiro atoms. The van der Waals surface area contributed by atoms with E-state index in [4.69, 9.17) is 4.74 Å². The number of sulfonamides is 1. The van der Waals surface area contributed by atoms with Crippen molar-refractivity contribution in [2.45, 2.75) is 31.8 Å². The van der Waals surface area contributed by atoms with Crippen LogP contribution in [0.3, 0.4) is 0 Å². The molecule has 0 radical (unpaired) electrons. The van der Waals surface area contributed by atoms with Gasteiger partial charge in [0.1, 0.15) is 0 Å². The molecule has 0 fully saturated rings. The molecule has 7 heteroatoms. The second-order valence-electron chi connectivity index (χ2n) is 5.17. The lowest BCUT2D eigenvalue weighted by molar-refractivity contribution is 0.182. The minimum Gasteiger partial charge on any atom is -0.378 e. The molecule has 2 N–H and O–H groups in total. The molecule has 0 saturated carbocycles. The van der Waals surface area contributed by atoms with Gasteiger partial charge in [0.05, 0.1) is 17.2 Å². The Morgan fingerprint density at radius 1 is 1.30 bits per heavy atom. The van der Waals surface area contributed by atoms with Crippen LogP contribution in [0, 0.1) is 6.92 Å². The Morgan fingerprint density at radius 3 is 2.61 bits per heavy atom. The first-order chi connectivity index (χ1) is 11.0. The average Bonchev–Trinajstić information content (AvgIpc) is 2.97. The molecule has 124 valence electrons. The van der Waals surface area contributed by atoms with Crippen LogP contribution in [-0.2, 0) is 21.4 Å². The number of nitrogens with one attached hydrogen (secondary N) is 2. The van der Waals surface area contributed by atoms with E-state index >= 15 is 0 Å². The Hall–Kier alpha value is -2.12. The number of benzene rings is 1. The number of aromatic nitrogens is 1. The van der Waals surface area contributed by atoms with E-state index in [2.05, 4.69) is 14.9 Å². The zero-order valence-electron chi connectivity index (χ0n) is 13.5. The second-order valence-corrected chi connectivity index (χ2v) is 6.83. The number of hydrogen-bond acceptors (Lipinski definition) is 4. The Kier molecular flexibility index (Phi) is 5.57. The maximum atomic E-state index is 12.3. The van der Waals surface area contributed by atoms with Gasteiger partial charge in [-0.1, -0.05) is 24.6 Å². The number of hydrogen-bond donors (Lipinski definition) is 2. The topological polar surface area (TPSA) is 83.5 Å². The molecule has 2 rings (SSSR count). The molecule has 23 heavy (non-hydrogen) atoms. The molecule has 0 bridgehead atoms. The third kappa shape index (κ3) is 4.43. The fourth-order valence-corrected chi connectivity index (χ4v) is 2.91. The van der Waals surface area contributed by atoms with E-state index < -0.39 is 10.0 Å². The molecular weight excluding hydrogens is 314 g/mol. The van der Waals surface area contributed by atoms with Gasteiger partial charge >= 0.3 is 0 Å². The Morgan fingerprint density at radius 2 is 2.00 bits per heavy atom. The molecule has 0 amide bonds. The number of methoxy groups -OCH3 is 1. The minimum absolute atomic E-state index is 0.191. The van der Waals surface area contributed by atoms with Crippen molar-refractivity contribution in [1.29, 1.82) is 0 Å². The van der Waals surface area contributed by atoms with E-state index in [0.717, 1.165) is 16.8 Å². The summed E-state index contributed by atoms with van der Waals surface area (Å²) >= 11 is 0. The number of aryl methyl sites for hydroxylation is 1. The van der Waals surface area contributed by atoms with Gasteiger partial charge < -0.3 is 9.72 Å². The summed E-state index contributed by atoms with van der Waals surface area (Å²) in [7, 11) is -2.05. The highest BCUT2D eigenvalue weighted by Gasteiger charge is 2.13. The van der Waals surface area contributed by atoms with Crippen LogP contribution in [0.5, 0.6) is 0 Å². The molecule has 1 heterocycles. The quantitative estimate of drug-likeness (QED) is 0.602. The van der Waals surface area contributed by atoms with Crippen molar-refractivity contribution in [1.82, 2.24) is 9.82 Å². The summed E-state index contributed by atoms with van der Waals surface area (Å²) in [5, 5.41) is 4.07. The lowest BCUT2D eigenvalue weighted by Gasteiger charge is -2.06. The second kappa shape index (κ2) is 7.43. The maximum absolute atomic E-state index is 12.3. The number of hydrazone groups is 1. The van der Waals surface area contributed by atoms with Gasteiger partial charge in [0.25, 0.3) is 10.0 Å². The summed E-state index contributed by atoms with van der Waals surface area (Å²) in [6.45, 7) is 4.29. The van der Waals surface area contributed by atoms with Gasteiger partial charge in [-0.2, -0.15) is 18.4 Å². The van der Waals surface area contributed by atoms with E-state index in [1.165, 1.54) is 0 Å². The number of nitrogens with zero attached hydrogens (tertiary/aromatic N) is 1. The first-order valence-corrected chi connectivity index (χ1v) is 8.76. The SMILES string of the molecule is CC/C(=N\NS(=O)(=O)c1ccc(C)cc1)c1c[nH]c(COC)c1. The van der Waals surface area contributed by atoms with Crippen molar-refractivity contribution < 1.29 is 13.2 Å². The average molecular weight is 335 g/mol. The van der Waals surface area contributed by atoms with E-state index in [1.54, 1.807) is 37.6 Å². The van der Waals surface area contributed by atoms with Crippen molar-refractivity contribution in [3.8, 4) is 0 Å². The summed E-state index contributed by atoms with van der Waals surface area (Å²) in [4.78, 5) is 5.57. The summed E-state index contributed by atoms with van der Waals surface area (Å²) in [6.07, 6.45) is 2.39. The summed E-state index contributed by atoms with van der Waals surface area (Å²) in [6, 6.07) is 8.52. The van der Waals surface area contributed by atoms with Gasteiger partial charge in [0.15, 0.2) is 0 Å². The maximum Gasteiger partial charge on any atom is 0.276 e. The van der Waals surface area contributed by atoms with Gasteiger partial charge in [0.2, 0.25) is 0 Å². The van der Waals surface area contributed by atoms with Crippen molar-refractivity contribution >= 4 is 15.7 Å². The third-order valence-corrected chi connectivity index (χ3v) is 4.57. The third-order valence-electron chi connectivity index (χ3n) is 3.34. The number of aromatic amines is 1. The van der Waals surface area contributed by atoms with Crippen LogP contribution in [-0.4, -0.2) is 26.2 Å².